The molecule has 0 bridgehead atoms. The number of carbonyl (C=O) groups excluding carboxylic acids is 1. The van der Waals surface area contributed by atoms with Crippen LogP contribution in [0.5, 0.6) is 0 Å². The predicted molar refractivity (Wildman–Crippen MR) is 117 cm³/mol. The molecule has 3 rings (SSSR count). The summed E-state index contributed by atoms with van der Waals surface area (Å²) in [5.41, 5.74) is 2.56. The molecular weight excluding hydrogens is 401 g/mol. The van der Waals surface area contributed by atoms with E-state index in [2.05, 4.69) is 25.5 Å². The van der Waals surface area contributed by atoms with Gasteiger partial charge in [-0.3, -0.25) is 9.52 Å². The molecule has 0 saturated carbocycles. The number of aryl methyl sites for hydroxylation is 1. The van der Waals surface area contributed by atoms with E-state index in [9.17, 15) is 17.6 Å². The Hall–Kier alpha value is -2.99. The fraction of sp³-hybridized carbons (Fsp3) is 0.208. The molecule has 0 aliphatic rings. The van der Waals surface area contributed by atoms with Gasteiger partial charge < -0.3 is 0 Å². The van der Waals surface area contributed by atoms with E-state index in [-0.39, 0.29) is 21.8 Å². The first-order valence-corrected chi connectivity index (χ1v) is 11.0. The van der Waals surface area contributed by atoms with E-state index in [1.165, 1.54) is 19.1 Å². The third-order valence-electron chi connectivity index (χ3n) is 4.82. The molecule has 0 radical (unpaired) electrons. The minimum atomic E-state index is -3.92. The summed E-state index contributed by atoms with van der Waals surface area (Å²) >= 11 is 0. The van der Waals surface area contributed by atoms with Crippen LogP contribution in [-0.4, -0.2) is 14.2 Å². The van der Waals surface area contributed by atoms with Crippen LogP contribution in [0.4, 0.5) is 10.1 Å². The molecule has 0 atom stereocenters. The quantitative estimate of drug-likeness (QED) is 0.552. The van der Waals surface area contributed by atoms with Crippen molar-refractivity contribution in [1.82, 2.24) is 0 Å². The van der Waals surface area contributed by atoms with Gasteiger partial charge in [0.1, 0.15) is 5.82 Å². The number of anilines is 1. The smallest absolute Gasteiger partial charge is 0.262 e. The zero-order valence-corrected chi connectivity index (χ0v) is 18.2. The minimum absolute atomic E-state index is 0.0154. The van der Waals surface area contributed by atoms with Crippen LogP contribution in [0.25, 0.3) is 0 Å². The lowest BCUT2D eigenvalue weighted by Crippen LogP contribution is -2.15. The lowest BCUT2D eigenvalue weighted by Gasteiger charge is -2.19. The monoisotopic (exact) mass is 425 g/mol. The van der Waals surface area contributed by atoms with E-state index < -0.39 is 15.8 Å². The summed E-state index contributed by atoms with van der Waals surface area (Å²) in [6.07, 6.45) is 0. The molecule has 156 valence electrons. The Morgan fingerprint density at radius 3 is 2.17 bits per heavy atom. The highest BCUT2D eigenvalue weighted by Crippen LogP contribution is 2.24. The van der Waals surface area contributed by atoms with E-state index >= 15 is 0 Å². The fourth-order valence-corrected chi connectivity index (χ4v) is 4.41. The van der Waals surface area contributed by atoms with Gasteiger partial charge in [0.25, 0.3) is 10.0 Å². The van der Waals surface area contributed by atoms with Crippen LogP contribution < -0.4 is 4.72 Å². The Bertz CT molecular complexity index is 1190. The number of hydrogen-bond donors (Lipinski definition) is 1. The van der Waals surface area contributed by atoms with Gasteiger partial charge in [0.15, 0.2) is 5.78 Å². The molecule has 1 N–H and O–H groups in total. The molecule has 3 aromatic rings. The molecule has 0 unspecified atom stereocenters. The number of carbonyl (C=O) groups is 1. The molecule has 0 aromatic heterocycles. The van der Waals surface area contributed by atoms with Crippen LogP contribution in [0.15, 0.2) is 71.6 Å². The van der Waals surface area contributed by atoms with Crippen molar-refractivity contribution in [3.63, 3.8) is 0 Å². The van der Waals surface area contributed by atoms with Crippen LogP contribution in [0, 0.1) is 12.7 Å². The van der Waals surface area contributed by atoms with Crippen molar-refractivity contribution in [3.8, 4) is 0 Å². The maximum absolute atomic E-state index is 13.3. The molecule has 30 heavy (non-hydrogen) atoms. The van der Waals surface area contributed by atoms with Crippen LogP contribution in [0.1, 0.15) is 47.8 Å². The van der Waals surface area contributed by atoms with Gasteiger partial charge in [-0.15, -0.1) is 0 Å². The van der Waals surface area contributed by atoms with E-state index in [4.69, 9.17) is 0 Å². The van der Waals surface area contributed by atoms with Crippen molar-refractivity contribution in [3.05, 3.63) is 94.8 Å². The van der Waals surface area contributed by atoms with E-state index in [0.717, 1.165) is 17.7 Å². The topological polar surface area (TPSA) is 63.2 Å². The molecule has 0 aliphatic carbocycles. The number of ketones is 1. The SMILES string of the molecule is Cc1cc(F)ccc1S(=O)(=O)Nc1cccc(C(=O)c2ccc(C(C)(C)C)cc2)c1. The molecule has 4 nitrogen and oxygen atoms in total. The van der Waals surface area contributed by atoms with Gasteiger partial charge in [-0.05, 0) is 53.8 Å². The van der Waals surface area contributed by atoms with Gasteiger partial charge in [-0.25, -0.2) is 12.8 Å². The lowest BCUT2D eigenvalue weighted by molar-refractivity contribution is 0.103. The molecule has 0 amide bonds. The number of rotatable bonds is 5. The van der Waals surface area contributed by atoms with Gasteiger partial charge in [-0.2, -0.15) is 0 Å². The Kier molecular flexibility index (Phi) is 5.81. The molecule has 6 heteroatoms. The average Bonchev–Trinajstić information content (AvgIpc) is 2.66. The number of benzene rings is 3. The average molecular weight is 426 g/mol. The number of sulfonamides is 1. The third-order valence-corrected chi connectivity index (χ3v) is 6.36. The Balaban J connectivity index is 1.86. The molecular formula is C24H24FNO3S. The van der Waals surface area contributed by atoms with Gasteiger partial charge in [0.05, 0.1) is 4.90 Å². The highest BCUT2D eigenvalue weighted by Gasteiger charge is 2.19. The fourth-order valence-electron chi connectivity index (χ4n) is 3.14. The van der Waals surface area contributed by atoms with Crippen LogP contribution in [0.2, 0.25) is 0 Å². The second-order valence-corrected chi connectivity index (χ2v) is 9.90. The van der Waals surface area contributed by atoms with Crippen molar-refractivity contribution in [2.45, 2.75) is 38.0 Å². The summed E-state index contributed by atoms with van der Waals surface area (Å²) < 4.78 is 41.2. The largest absolute Gasteiger partial charge is 0.289 e. The first-order chi connectivity index (χ1) is 14.0. The summed E-state index contributed by atoms with van der Waals surface area (Å²) in [4.78, 5) is 12.9. The minimum Gasteiger partial charge on any atom is -0.289 e. The summed E-state index contributed by atoms with van der Waals surface area (Å²) in [5, 5.41) is 0. The summed E-state index contributed by atoms with van der Waals surface area (Å²) in [6.45, 7) is 7.82. The molecule has 0 saturated heterocycles. The summed E-state index contributed by atoms with van der Waals surface area (Å²) in [5.74, 6) is -0.703. The van der Waals surface area contributed by atoms with Crippen LogP contribution in [0.3, 0.4) is 0 Å². The van der Waals surface area contributed by atoms with Gasteiger partial charge in [0.2, 0.25) is 0 Å². The summed E-state index contributed by atoms with van der Waals surface area (Å²) in [6, 6.07) is 17.2. The Labute approximate surface area is 176 Å². The Morgan fingerprint density at radius 1 is 0.900 bits per heavy atom. The van der Waals surface area contributed by atoms with Gasteiger partial charge >= 0.3 is 0 Å². The van der Waals surface area contributed by atoms with E-state index in [1.807, 2.05) is 12.1 Å². The maximum Gasteiger partial charge on any atom is 0.262 e. The number of halogens is 1. The first kappa shape index (κ1) is 21.7. The van der Waals surface area contributed by atoms with Gasteiger partial charge in [0, 0.05) is 16.8 Å². The number of nitrogens with one attached hydrogen (secondary N) is 1. The standard InChI is InChI=1S/C24H24FNO3S/c1-16-14-20(25)12-13-22(16)30(28,29)26-21-7-5-6-18(15-21)23(27)17-8-10-19(11-9-17)24(2,3)4/h5-15,26H,1-4H3. The summed E-state index contributed by atoms with van der Waals surface area (Å²) in [7, 11) is -3.92. The van der Waals surface area contributed by atoms with Crippen molar-refractivity contribution < 1.29 is 17.6 Å². The van der Waals surface area contributed by atoms with E-state index in [1.54, 1.807) is 30.3 Å². The predicted octanol–water partition coefficient (Wildman–Crippen LogP) is 5.46. The highest BCUT2D eigenvalue weighted by atomic mass is 32.2. The van der Waals surface area contributed by atoms with Crippen LogP contribution >= 0.6 is 0 Å². The third kappa shape index (κ3) is 4.76. The number of hydrogen-bond acceptors (Lipinski definition) is 3. The molecule has 0 fully saturated rings. The second-order valence-electron chi connectivity index (χ2n) is 8.25. The highest BCUT2D eigenvalue weighted by molar-refractivity contribution is 7.92. The first-order valence-electron chi connectivity index (χ1n) is 9.52. The molecule has 0 spiro atoms. The molecule has 3 aromatic carbocycles. The van der Waals surface area contributed by atoms with Crippen molar-refractivity contribution >= 4 is 21.5 Å². The zero-order valence-electron chi connectivity index (χ0n) is 17.4. The Morgan fingerprint density at radius 2 is 1.57 bits per heavy atom. The zero-order chi connectivity index (χ0) is 22.1. The van der Waals surface area contributed by atoms with Crippen molar-refractivity contribution in [2.24, 2.45) is 0 Å². The second kappa shape index (κ2) is 8.03. The van der Waals surface area contributed by atoms with Gasteiger partial charge in [-0.1, -0.05) is 57.2 Å². The van der Waals surface area contributed by atoms with Crippen molar-refractivity contribution in [1.29, 1.82) is 0 Å². The van der Waals surface area contributed by atoms with Crippen LogP contribution in [-0.2, 0) is 15.4 Å². The molecule has 0 aliphatic heterocycles. The van der Waals surface area contributed by atoms with E-state index in [0.29, 0.717) is 16.7 Å². The maximum atomic E-state index is 13.3. The van der Waals surface area contributed by atoms with Crippen molar-refractivity contribution in [2.75, 3.05) is 4.72 Å². The molecule has 0 heterocycles. The normalized spacial score (nSPS) is 11.9. The lowest BCUT2D eigenvalue weighted by atomic mass is 9.86.